The monoisotopic (exact) mass is 387 g/mol. The first kappa shape index (κ1) is 20.8. The van der Waals surface area contributed by atoms with Gasteiger partial charge in [-0.2, -0.15) is 13.2 Å². The SMILES string of the molecule is O=C(CCc1ccc(F)c(F)c1)NCCC(O)(c1ccccc1)C(F)(F)F. The minimum Gasteiger partial charge on any atom is -0.376 e. The zero-order valence-electron chi connectivity index (χ0n) is 14.2. The Labute approximate surface area is 152 Å². The van der Waals surface area contributed by atoms with Crippen LogP contribution in [0.5, 0.6) is 0 Å². The number of hydrogen-bond donors (Lipinski definition) is 2. The number of aryl methyl sites for hydroxylation is 1. The van der Waals surface area contributed by atoms with E-state index >= 15 is 0 Å². The van der Waals surface area contributed by atoms with Crippen LogP contribution < -0.4 is 5.32 Å². The highest BCUT2D eigenvalue weighted by Crippen LogP contribution is 2.41. The Morgan fingerprint density at radius 2 is 1.67 bits per heavy atom. The standard InChI is InChI=1S/C19H18F5NO2/c20-15-8-6-13(12-16(15)21)7-9-17(26)25-11-10-18(27,19(22,23)24)14-4-2-1-3-5-14/h1-6,8,12,27H,7,9-11H2,(H,25,26). The topological polar surface area (TPSA) is 49.3 Å². The average Bonchev–Trinajstić information content (AvgIpc) is 2.62. The molecule has 0 fully saturated rings. The summed E-state index contributed by atoms with van der Waals surface area (Å²) in [6.45, 7) is -0.401. The number of carbonyl (C=O) groups is 1. The number of carbonyl (C=O) groups excluding carboxylic acids is 1. The molecule has 1 unspecified atom stereocenters. The molecule has 27 heavy (non-hydrogen) atoms. The predicted octanol–water partition coefficient (Wildman–Crippen LogP) is 3.85. The summed E-state index contributed by atoms with van der Waals surface area (Å²) in [4.78, 5) is 11.8. The van der Waals surface area contributed by atoms with Crippen molar-refractivity contribution in [3.05, 3.63) is 71.3 Å². The summed E-state index contributed by atoms with van der Waals surface area (Å²) in [5, 5.41) is 12.5. The van der Waals surface area contributed by atoms with Crippen molar-refractivity contribution in [1.29, 1.82) is 0 Å². The van der Waals surface area contributed by atoms with E-state index in [2.05, 4.69) is 5.32 Å². The zero-order valence-corrected chi connectivity index (χ0v) is 14.2. The average molecular weight is 387 g/mol. The number of alkyl halides is 3. The van der Waals surface area contributed by atoms with Gasteiger partial charge in [0.1, 0.15) is 0 Å². The predicted molar refractivity (Wildman–Crippen MR) is 88.7 cm³/mol. The van der Waals surface area contributed by atoms with Crippen LogP contribution in [0, 0.1) is 11.6 Å². The highest BCUT2D eigenvalue weighted by atomic mass is 19.4. The highest BCUT2D eigenvalue weighted by Gasteiger charge is 2.54. The second kappa shape index (κ2) is 8.47. The molecule has 0 radical (unpaired) electrons. The Balaban J connectivity index is 1.90. The van der Waals surface area contributed by atoms with Gasteiger partial charge in [0.05, 0.1) is 0 Å². The molecule has 0 aliphatic rings. The first-order chi connectivity index (χ1) is 12.6. The number of amides is 1. The maximum Gasteiger partial charge on any atom is 0.421 e. The van der Waals surface area contributed by atoms with Crippen LogP contribution in [0.25, 0.3) is 0 Å². The number of nitrogens with one attached hydrogen (secondary N) is 1. The Hall–Kier alpha value is -2.48. The second-order valence-electron chi connectivity index (χ2n) is 6.07. The van der Waals surface area contributed by atoms with Gasteiger partial charge in [0.15, 0.2) is 17.2 Å². The van der Waals surface area contributed by atoms with Crippen LogP contribution in [0.1, 0.15) is 24.0 Å². The molecule has 0 bridgehead atoms. The maximum atomic E-state index is 13.3. The van der Waals surface area contributed by atoms with Crippen molar-refractivity contribution in [2.24, 2.45) is 0 Å². The van der Waals surface area contributed by atoms with Crippen LogP contribution in [-0.4, -0.2) is 23.7 Å². The van der Waals surface area contributed by atoms with E-state index in [0.29, 0.717) is 5.56 Å². The lowest BCUT2D eigenvalue weighted by atomic mass is 9.89. The van der Waals surface area contributed by atoms with Gasteiger partial charge in [-0.25, -0.2) is 8.78 Å². The van der Waals surface area contributed by atoms with Crippen molar-refractivity contribution in [2.75, 3.05) is 6.54 Å². The maximum absolute atomic E-state index is 13.3. The minimum absolute atomic E-state index is 0.102. The molecular weight excluding hydrogens is 369 g/mol. The summed E-state index contributed by atoms with van der Waals surface area (Å²) in [5.41, 5.74) is -3.00. The van der Waals surface area contributed by atoms with Crippen LogP contribution in [0.2, 0.25) is 0 Å². The van der Waals surface area contributed by atoms with E-state index in [0.717, 1.165) is 12.1 Å². The molecule has 0 spiro atoms. The molecule has 0 aliphatic heterocycles. The number of rotatable bonds is 7. The van der Waals surface area contributed by atoms with E-state index in [1.165, 1.54) is 36.4 Å². The first-order valence-corrected chi connectivity index (χ1v) is 8.19. The number of benzene rings is 2. The summed E-state index contributed by atoms with van der Waals surface area (Å²) in [6, 6.07) is 9.84. The van der Waals surface area contributed by atoms with Crippen molar-refractivity contribution in [3.8, 4) is 0 Å². The second-order valence-corrected chi connectivity index (χ2v) is 6.07. The van der Waals surface area contributed by atoms with Gasteiger partial charge < -0.3 is 10.4 Å². The van der Waals surface area contributed by atoms with E-state index in [4.69, 9.17) is 0 Å². The van der Waals surface area contributed by atoms with Crippen molar-refractivity contribution in [3.63, 3.8) is 0 Å². The van der Waals surface area contributed by atoms with Crippen molar-refractivity contribution < 1.29 is 31.9 Å². The van der Waals surface area contributed by atoms with E-state index in [9.17, 15) is 31.9 Å². The van der Waals surface area contributed by atoms with Gasteiger partial charge in [0.2, 0.25) is 5.91 Å². The third-order valence-electron chi connectivity index (χ3n) is 4.15. The quantitative estimate of drug-likeness (QED) is 0.709. The molecule has 0 saturated heterocycles. The Morgan fingerprint density at radius 1 is 1.00 bits per heavy atom. The Kier molecular flexibility index (Phi) is 6.54. The summed E-state index contributed by atoms with van der Waals surface area (Å²) in [6.07, 6.45) is -5.67. The van der Waals surface area contributed by atoms with Gasteiger partial charge in [-0.05, 0) is 29.7 Å². The zero-order chi connectivity index (χ0) is 20.1. The van der Waals surface area contributed by atoms with Crippen LogP contribution >= 0.6 is 0 Å². The molecule has 0 heterocycles. The fourth-order valence-corrected chi connectivity index (χ4v) is 2.59. The molecule has 2 aromatic rings. The van der Waals surface area contributed by atoms with E-state index in [1.54, 1.807) is 0 Å². The third-order valence-corrected chi connectivity index (χ3v) is 4.15. The van der Waals surface area contributed by atoms with Crippen LogP contribution in [0.3, 0.4) is 0 Å². The number of halogens is 5. The van der Waals surface area contributed by atoms with Crippen molar-refractivity contribution in [2.45, 2.75) is 31.0 Å². The lowest BCUT2D eigenvalue weighted by molar-refractivity contribution is -0.268. The summed E-state index contributed by atoms with van der Waals surface area (Å²) in [7, 11) is 0. The van der Waals surface area contributed by atoms with Gasteiger partial charge in [0, 0.05) is 19.4 Å². The molecule has 146 valence electrons. The first-order valence-electron chi connectivity index (χ1n) is 8.19. The van der Waals surface area contributed by atoms with E-state index in [1.807, 2.05) is 0 Å². The smallest absolute Gasteiger partial charge is 0.376 e. The molecule has 2 rings (SSSR count). The largest absolute Gasteiger partial charge is 0.421 e. The molecule has 8 heteroatoms. The minimum atomic E-state index is -4.91. The summed E-state index contributed by atoms with van der Waals surface area (Å²) < 4.78 is 65.9. The highest BCUT2D eigenvalue weighted by molar-refractivity contribution is 5.76. The molecule has 0 aromatic heterocycles. The van der Waals surface area contributed by atoms with Crippen LogP contribution in [-0.2, 0) is 16.8 Å². The molecule has 0 saturated carbocycles. The molecule has 2 aromatic carbocycles. The van der Waals surface area contributed by atoms with Crippen LogP contribution in [0.15, 0.2) is 48.5 Å². The van der Waals surface area contributed by atoms with E-state index in [-0.39, 0.29) is 18.4 Å². The van der Waals surface area contributed by atoms with Gasteiger partial charge in [-0.15, -0.1) is 0 Å². The van der Waals surface area contributed by atoms with Crippen molar-refractivity contribution >= 4 is 5.91 Å². The fraction of sp³-hybridized carbons (Fsp3) is 0.316. The van der Waals surface area contributed by atoms with Crippen LogP contribution in [0.4, 0.5) is 22.0 Å². The van der Waals surface area contributed by atoms with E-state index < -0.39 is 42.3 Å². The molecule has 2 N–H and O–H groups in total. The summed E-state index contributed by atoms with van der Waals surface area (Å²) in [5.74, 6) is -2.60. The third kappa shape index (κ3) is 5.26. The molecule has 1 amide bonds. The lowest BCUT2D eigenvalue weighted by Gasteiger charge is -2.31. The van der Waals surface area contributed by atoms with Gasteiger partial charge in [-0.3, -0.25) is 4.79 Å². The normalized spacial score (nSPS) is 13.9. The van der Waals surface area contributed by atoms with Gasteiger partial charge in [0.25, 0.3) is 0 Å². The van der Waals surface area contributed by atoms with Gasteiger partial charge >= 0.3 is 6.18 Å². The number of hydrogen-bond acceptors (Lipinski definition) is 2. The lowest BCUT2D eigenvalue weighted by Crippen LogP contribution is -2.45. The molecule has 0 aliphatic carbocycles. The molecular formula is C19H18F5NO2. The Bertz CT molecular complexity index is 779. The molecule has 3 nitrogen and oxygen atoms in total. The molecule has 1 atom stereocenters. The summed E-state index contributed by atoms with van der Waals surface area (Å²) >= 11 is 0. The fourth-order valence-electron chi connectivity index (χ4n) is 2.59. The number of aliphatic hydroxyl groups is 1. The Morgan fingerprint density at radius 3 is 2.26 bits per heavy atom. The van der Waals surface area contributed by atoms with Crippen molar-refractivity contribution in [1.82, 2.24) is 5.32 Å². The van der Waals surface area contributed by atoms with Gasteiger partial charge in [-0.1, -0.05) is 36.4 Å².